The van der Waals surface area contributed by atoms with E-state index in [4.69, 9.17) is 20.4 Å². The summed E-state index contributed by atoms with van der Waals surface area (Å²) in [5.74, 6) is -2.45. The maximum atomic E-state index is 10.2. The van der Waals surface area contributed by atoms with Gasteiger partial charge in [0.25, 0.3) is 0 Å². The zero-order valence-electron chi connectivity index (χ0n) is 12.1. The van der Waals surface area contributed by atoms with E-state index in [9.17, 15) is 9.59 Å². The number of carboxylic acids is 2. The highest BCUT2D eigenvalue weighted by molar-refractivity contribution is 5.75. The van der Waals surface area contributed by atoms with Gasteiger partial charge in [-0.05, 0) is 11.1 Å². The van der Waals surface area contributed by atoms with Crippen LogP contribution in [0.3, 0.4) is 0 Å². The lowest BCUT2D eigenvalue weighted by Crippen LogP contribution is -2.09. The Balaban J connectivity index is 0.000000403. The van der Waals surface area contributed by atoms with Crippen molar-refractivity contribution in [3.8, 4) is 0 Å². The van der Waals surface area contributed by atoms with E-state index in [1.807, 2.05) is 0 Å². The lowest BCUT2D eigenvalue weighted by atomic mass is 10.1. The molecule has 23 heavy (non-hydrogen) atoms. The molecule has 3 radical (unpaired) electrons. The highest BCUT2D eigenvalue weighted by Gasteiger charge is 2.14. The van der Waals surface area contributed by atoms with Gasteiger partial charge < -0.3 is 20.4 Å². The number of hydrogen-bond donors (Lipinski definition) is 4. The van der Waals surface area contributed by atoms with Crippen molar-refractivity contribution >= 4 is 20.4 Å². The van der Waals surface area contributed by atoms with Crippen molar-refractivity contribution in [3.05, 3.63) is 71.8 Å². The fourth-order valence-corrected chi connectivity index (χ4v) is 1.56. The monoisotopic (exact) mass is 315 g/mol. The number of aliphatic carboxylic acids is 2. The van der Waals surface area contributed by atoms with Crippen LogP contribution in [0.25, 0.3) is 0 Å². The second-order valence-electron chi connectivity index (χ2n) is 4.30. The Labute approximate surface area is 135 Å². The summed E-state index contributed by atoms with van der Waals surface area (Å²) in [5, 5.41) is 34.8. The van der Waals surface area contributed by atoms with Crippen LogP contribution in [0.5, 0.6) is 0 Å². The molecule has 2 rings (SSSR count). The average Bonchev–Trinajstić information content (AvgIpc) is 2.55. The fraction of sp³-hybridized carbons (Fsp3) is 0.125. The molecule has 0 bridgehead atoms. The van der Waals surface area contributed by atoms with Gasteiger partial charge in [-0.2, -0.15) is 0 Å². The van der Waals surface area contributed by atoms with Crippen LogP contribution in [0.2, 0.25) is 0 Å². The van der Waals surface area contributed by atoms with Gasteiger partial charge in [0.15, 0.2) is 12.2 Å². The van der Waals surface area contributed by atoms with Crippen LogP contribution in [0.15, 0.2) is 60.7 Å². The maximum Gasteiger partial charge on any atom is 0.337 e. The molecule has 0 aliphatic carbocycles. The maximum absolute atomic E-state index is 10.2. The van der Waals surface area contributed by atoms with Gasteiger partial charge >= 0.3 is 11.9 Å². The minimum absolute atomic E-state index is 0. The quantitative estimate of drug-likeness (QED) is 0.631. The van der Waals surface area contributed by atoms with Crippen LogP contribution in [-0.2, 0) is 9.59 Å². The van der Waals surface area contributed by atoms with Crippen molar-refractivity contribution in [2.45, 2.75) is 12.2 Å². The Morgan fingerprint density at radius 2 is 0.913 bits per heavy atom. The average molecular weight is 315 g/mol. The second kappa shape index (κ2) is 10.2. The summed E-state index contributed by atoms with van der Waals surface area (Å²) in [6, 6.07) is 16.5. The van der Waals surface area contributed by atoms with Gasteiger partial charge in [0.05, 0.1) is 0 Å². The molecule has 0 saturated carbocycles. The third kappa shape index (κ3) is 6.77. The molecular formula is C16H16BO6. The molecular weight excluding hydrogens is 299 g/mol. The van der Waals surface area contributed by atoms with Crippen LogP contribution >= 0.6 is 0 Å². The molecule has 2 unspecified atom stereocenters. The molecule has 119 valence electrons. The summed E-state index contributed by atoms with van der Waals surface area (Å²) in [4.78, 5) is 20.5. The predicted octanol–water partition coefficient (Wildman–Crippen LogP) is 1.23. The first kappa shape index (κ1) is 20.4. The van der Waals surface area contributed by atoms with Gasteiger partial charge in [0.1, 0.15) is 0 Å². The summed E-state index contributed by atoms with van der Waals surface area (Å²) < 4.78 is 0. The van der Waals surface area contributed by atoms with Crippen molar-refractivity contribution in [2.24, 2.45) is 0 Å². The lowest BCUT2D eigenvalue weighted by Gasteiger charge is -2.03. The van der Waals surface area contributed by atoms with Crippen molar-refractivity contribution in [2.75, 3.05) is 0 Å². The SMILES string of the molecule is O=C(O)C(O)c1ccccc1.O=C(O)C(O)c1ccccc1.[B]. The molecule has 0 fully saturated rings. The Morgan fingerprint density at radius 3 is 1.13 bits per heavy atom. The van der Waals surface area contributed by atoms with Crippen molar-refractivity contribution in [1.82, 2.24) is 0 Å². The standard InChI is InChI=1S/2C8H8O3.B/c2*9-7(8(10)11)6-4-2-1-3-5-6;/h2*1-5,7,9H,(H,10,11);. The minimum Gasteiger partial charge on any atom is -0.479 e. The number of rotatable bonds is 4. The van der Waals surface area contributed by atoms with E-state index in [2.05, 4.69) is 0 Å². The highest BCUT2D eigenvalue weighted by Crippen LogP contribution is 2.11. The van der Waals surface area contributed by atoms with Gasteiger partial charge in [-0.3, -0.25) is 0 Å². The molecule has 0 aromatic heterocycles. The fourth-order valence-electron chi connectivity index (χ4n) is 1.56. The number of carboxylic acid groups (broad SMARTS) is 2. The Kier molecular flexibility index (Phi) is 8.99. The molecule has 2 atom stereocenters. The zero-order valence-corrected chi connectivity index (χ0v) is 12.1. The Bertz CT molecular complexity index is 547. The number of aliphatic hydroxyl groups is 2. The van der Waals surface area contributed by atoms with Gasteiger partial charge in [0, 0.05) is 8.41 Å². The molecule has 0 spiro atoms. The third-order valence-electron chi connectivity index (χ3n) is 2.70. The van der Waals surface area contributed by atoms with E-state index in [1.165, 1.54) is 0 Å². The molecule has 0 saturated heterocycles. The van der Waals surface area contributed by atoms with Gasteiger partial charge in [-0.25, -0.2) is 9.59 Å². The third-order valence-corrected chi connectivity index (χ3v) is 2.70. The highest BCUT2D eigenvalue weighted by atomic mass is 16.4. The van der Waals surface area contributed by atoms with E-state index in [0.717, 1.165) is 0 Å². The predicted molar refractivity (Wildman–Crippen MR) is 83.8 cm³/mol. The Morgan fingerprint density at radius 1 is 0.652 bits per heavy atom. The molecule has 0 aliphatic rings. The van der Waals surface area contributed by atoms with Crippen molar-refractivity contribution < 1.29 is 30.0 Å². The first-order valence-electron chi connectivity index (χ1n) is 6.35. The molecule has 2 aromatic carbocycles. The van der Waals surface area contributed by atoms with E-state index < -0.39 is 24.1 Å². The van der Waals surface area contributed by atoms with Gasteiger partial charge in [-0.1, -0.05) is 60.7 Å². The van der Waals surface area contributed by atoms with Crippen LogP contribution in [0, 0.1) is 0 Å². The smallest absolute Gasteiger partial charge is 0.337 e. The van der Waals surface area contributed by atoms with Crippen molar-refractivity contribution in [3.63, 3.8) is 0 Å². The molecule has 7 heteroatoms. The lowest BCUT2D eigenvalue weighted by molar-refractivity contribution is -0.147. The largest absolute Gasteiger partial charge is 0.479 e. The van der Waals surface area contributed by atoms with Crippen molar-refractivity contribution in [1.29, 1.82) is 0 Å². The molecule has 4 N–H and O–H groups in total. The second-order valence-corrected chi connectivity index (χ2v) is 4.30. The summed E-state index contributed by atoms with van der Waals surface area (Å²) >= 11 is 0. The molecule has 0 amide bonds. The molecule has 0 heterocycles. The minimum atomic E-state index is -1.41. The summed E-state index contributed by atoms with van der Waals surface area (Å²) in [7, 11) is 0. The summed E-state index contributed by atoms with van der Waals surface area (Å²) in [6.07, 6.45) is -2.81. The zero-order chi connectivity index (χ0) is 16.5. The first-order valence-corrected chi connectivity index (χ1v) is 6.35. The molecule has 0 aliphatic heterocycles. The summed E-state index contributed by atoms with van der Waals surface area (Å²) in [5.41, 5.74) is 0.806. The molecule has 6 nitrogen and oxygen atoms in total. The van der Waals surface area contributed by atoms with Crippen LogP contribution < -0.4 is 0 Å². The van der Waals surface area contributed by atoms with E-state index in [0.29, 0.717) is 11.1 Å². The van der Waals surface area contributed by atoms with E-state index in [-0.39, 0.29) is 8.41 Å². The van der Waals surface area contributed by atoms with Crippen LogP contribution in [0.4, 0.5) is 0 Å². The topological polar surface area (TPSA) is 115 Å². The van der Waals surface area contributed by atoms with Crippen LogP contribution in [-0.4, -0.2) is 40.8 Å². The first-order chi connectivity index (χ1) is 10.4. The number of benzene rings is 2. The van der Waals surface area contributed by atoms with Gasteiger partial charge in [0.2, 0.25) is 0 Å². The molecule has 2 aromatic rings. The normalized spacial score (nSPS) is 11.9. The van der Waals surface area contributed by atoms with E-state index >= 15 is 0 Å². The number of hydrogen-bond acceptors (Lipinski definition) is 4. The summed E-state index contributed by atoms with van der Waals surface area (Å²) in [6.45, 7) is 0. The Hall–Kier alpha value is -2.64. The number of carbonyl (C=O) groups is 2. The van der Waals surface area contributed by atoms with Gasteiger partial charge in [-0.15, -0.1) is 0 Å². The van der Waals surface area contributed by atoms with Crippen LogP contribution in [0.1, 0.15) is 23.3 Å². The van der Waals surface area contributed by atoms with E-state index in [1.54, 1.807) is 60.7 Å². The number of aliphatic hydroxyl groups excluding tert-OH is 2.